The van der Waals surface area contributed by atoms with Gasteiger partial charge in [0, 0.05) is 24.5 Å². The van der Waals surface area contributed by atoms with E-state index in [-0.39, 0.29) is 17.6 Å². The summed E-state index contributed by atoms with van der Waals surface area (Å²) < 4.78 is 5.24. The summed E-state index contributed by atoms with van der Waals surface area (Å²) in [5, 5.41) is 7.67. The van der Waals surface area contributed by atoms with E-state index in [9.17, 15) is 4.79 Å². The standard InChI is InChI=1S/C22H19N3O2/c26-22(21-19-15-23-12-11-20(19)27-25-21)24-18(13-16-7-3-1-4-8-16)14-17-9-5-2-6-10-17/h1-12,15,18H,13-14H2,(H,24,26). The van der Waals surface area contributed by atoms with Crippen LogP contribution in [0.15, 0.2) is 83.6 Å². The Morgan fingerprint density at radius 1 is 0.926 bits per heavy atom. The molecule has 0 saturated carbocycles. The molecule has 134 valence electrons. The number of carbonyl (C=O) groups is 1. The van der Waals surface area contributed by atoms with Crippen molar-refractivity contribution >= 4 is 16.9 Å². The lowest BCUT2D eigenvalue weighted by Gasteiger charge is -2.18. The Hall–Kier alpha value is -3.47. The maximum atomic E-state index is 12.8. The molecule has 1 amide bonds. The zero-order valence-corrected chi connectivity index (χ0v) is 14.7. The van der Waals surface area contributed by atoms with Gasteiger partial charge in [0.1, 0.15) is 0 Å². The van der Waals surface area contributed by atoms with E-state index < -0.39 is 0 Å². The number of aromatic nitrogens is 2. The molecule has 0 aliphatic heterocycles. The number of rotatable bonds is 6. The maximum absolute atomic E-state index is 12.8. The Morgan fingerprint density at radius 2 is 1.56 bits per heavy atom. The highest BCUT2D eigenvalue weighted by Gasteiger charge is 2.20. The van der Waals surface area contributed by atoms with Gasteiger partial charge in [0.25, 0.3) is 5.91 Å². The van der Waals surface area contributed by atoms with Crippen LogP contribution < -0.4 is 5.32 Å². The maximum Gasteiger partial charge on any atom is 0.274 e. The van der Waals surface area contributed by atoms with Crippen molar-refractivity contribution in [3.63, 3.8) is 0 Å². The second-order valence-corrected chi connectivity index (χ2v) is 6.45. The highest BCUT2D eigenvalue weighted by molar-refractivity contribution is 6.03. The summed E-state index contributed by atoms with van der Waals surface area (Å²) in [6.45, 7) is 0. The average Bonchev–Trinajstić information content (AvgIpc) is 3.14. The van der Waals surface area contributed by atoms with Crippen LogP contribution in [-0.2, 0) is 12.8 Å². The second-order valence-electron chi connectivity index (χ2n) is 6.45. The molecule has 0 radical (unpaired) electrons. The molecule has 2 aromatic heterocycles. The minimum atomic E-state index is -0.251. The van der Waals surface area contributed by atoms with Gasteiger partial charge in [-0.25, -0.2) is 0 Å². The van der Waals surface area contributed by atoms with Gasteiger partial charge in [-0.3, -0.25) is 9.78 Å². The van der Waals surface area contributed by atoms with Gasteiger partial charge in [0.05, 0.1) is 5.39 Å². The molecule has 0 fully saturated rings. The van der Waals surface area contributed by atoms with Crippen molar-refractivity contribution in [1.82, 2.24) is 15.5 Å². The number of hydrogen-bond acceptors (Lipinski definition) is 4. The highest BCUT2D eigenvalue weighted by Crippen LogP contribution is 2.17. The molecule has 27 heavy (non-hydrogen) atoms. The predicted octanol–water partition coefficient (Wildman–Crippen LogP) is 3.81. The third-order valence-corrected chi connectivity index (χ3v) is 4.47. The first-order valence-corrected chi connectivity index (χ1v) is 8.88. The van der Waals surface area contributed by atoms with Gasteiger partial charge in [-0.15, -0.1) is 0 Å². The molecule has 0 saturated heterocycles. The lowest BCUT2D eigenvalue weighted by molar-refractivity contribution is 0.0929. The van der Waals surface area contributed by atoms with Crippen molar-refractivity contribution in [3.8, 4) is 0 Å². The third-order valence-electron chi connectivity index (χ3n) is 4.47. The fraction of sp³-hybridized carbons (Fsp3) is 0.136. The summed E-state index contributed by atoms with van der Waals surface area (Å²) in [5.41, 5.74) is 3.16. The SMILES string of the molecule is O=C(NC(Cc1ccccc1)Cc1ccccc1)c1noc2ccncc12. The molecule has 5 heteroatoms. The molecule has 2 aromatic carbocycles. The smallest absolute Gasteiger partial charge is 0.274 e. The number of nitrogens with zero attached hydrogens (tertiary/aromatic N) is 2. The van der Waals surface area contributed by atoms with Gasteiger partial charge in [-0.05, 0) is 24.0 Å². The molecule has 4 aromatic rings. The van der Waals surface area contributed by atoms with Crippen LogP contribution in [0.2, 0.25) is 0 Å². The first-order chi connectivity index (χ1) is 13.3. The molecule has 1 N–H and O–H groups in total. The monoisotopic (exact) mass is 357 g/mol. The normalized spacial score (nSPS) is 11.0. The summed E-state index contributed by atoms with van der Waals surface area (Å²) in [6.07, 6.45) is 4.68. The lowest BCUT2D eigenvalue weighted by Crippen LogP contribution is -2.38. The molecule has 5 nitrogen and oxygen atoms in total. The van der Waals surface area contributed by atoms with Crippen molar-refractivity contribution in [2.24, 2.45) is 0 Å². The molecule has 0 unspecified atom stereocenters. The van der Waals surface area contributed by atoms with E-state index in [0.29, 0.717) is 11.0 Å². The van der Waals surface area contributed by atoms with Gasteiger partial charge in [-0.1, -0.05) is 65.8 Å². The summed E-state index contributed by atoms with van der Waals surface area (Å²) in [4.78, 5) is 16.9. The Bertz CT molecular complexity index is 988. The van der Waals surface area contributed by atoms with Crippen LogP contribution in [0.1, 0.15) is 21.6 Å². The van der Waals surface area contributed by atoms with Crippen molar-refractivity contribution < 1.29 is 9.32 Å². The Kier molecular flexibility index (Phi) is 4.92. The molecule has 2 heterocycles. The van der Waals surface area contributed by atoms with Crippen LogP contribution in [0.4, 0.5) is 0 Å². The number of nitrogens with one attached hydrogen (secondary N) is 1. The van der Waals surface area contributed by atoms with Crippen molar-refractivity contribution in [2.45, 2.75) is 18.9 Å². The van der Waals surface area contributed by atoms with E-state index in [1.807, 2.05) is 36.4 Å². The van der Waals surface area contributed by atoms with Crippen LogP contribution in [0.3, 0.4) is 0 Å². The van der Waals surface area contributed by atoms with Crippen LogP contribution in [0.25, 0.3) is 11.0 Å². The minimum absolute atomic E-state index is 0.0641. The molecule has 0 aliphatic carbocycles. The van der Waals surface area contributed by atoms with Gasteiger partial charge in [0.15, 0.2) is 11.3 Å². The van der Waals surface area contributed by atoms with Crippen molar-refractivity contribution in [2.75, 3.05) is 0 Å². The number of pyridine rings is 1. The largest absolute Gasteiger partial charge is 0.355 e. The first-order valence-electron chi connectivity index (χ1n) is 8.88. The van der Waals surface area contributed by atoms with Crippen LogP contribution in [0, 0.1) is 0 Å². The average molecular weight is 357 g/mol. The molecule has 0 bridgehead atoms. The fourth-order valence-electron chi connectivity index (χ4n) is 3.17. The topological polar surface area (TPSA) is 68.0 Å². The summed E-state index contributed by atoms with van der Waals surface area (Å²) in [5.74, 6) is -0.251. The Balaban J connectivity index is 1.57. The third kappa shape index (κ3) is 4.03. The van der Waals surface area contributed by atoms with E-state index in [1.165, 1.54) is 11.1 Å². The zero-order valence-electron chi connectivity index (χ0n) is 14.7. The number of benzene rings is 2. The van der Waals surface area contributed by atoms with Gasteiger partial charge >= 0.3 is 0 Å². The van der Waals surface area contributed by atoms with E-state index in [0.717, 1.165) is 12.8 Å². The molecular formula is C22H19N3O2. The first kappa shape index (κ1) is 17.0. The number of fused-ring (bicyclic) bond motifs is 1. The summed E-state index contributed by atoms with van der Waals surface area (Å²) in [6, 6.07) is 21.9. The van der Waals surface area contributed by atoms with Crippen LogP contribution in [-0.4, -0.2) is 22.1 Å². The summed E-state index contributed by atoms with van der Waals surface area (Å²) >= 11 is 0. The Labute approximate surface area is 157 Å². The number of amides is 1. The molecule has 0 aliphatic rings. The predicted molar refractivity (Wildman–Crippen MR) is 103 cm³/mol. The number of carbonyl (C=O) groups excluding carboxylic acids is 1. The van der Waals surface area contributed by atoms with Gasteiger partial charge < -0.3 is 9.84 Å². The van der Waals surface area contributed by atoms with Crippen LogP contribution in [0.5, 0.6) is 0 Å². The zero-order chi connectivity index (χ0) is 18.5. The summed E-state index contributed by atoms with van der Waals surface area (Å²) in [7, 11) is 0. The van der Waals surface area contributed by atoms with Crippen LogP contribution >= 0.6 is 0 Å². The molecule has 0 spiro atoms. The molecular weight excluding hydrogens is 338 g/mol. The molecule has 4 rings (SSSR count). The minimum Gasteiger partial charge on any atom is -0.355 e. The second kappa shape index (κ2) is 7.83. The van der Waals surface area contributed by atoms with E-state index in [1.54, 1.807) is 18.5 Å². The number of hydrogen-bond donors (Lipinski definition) is 1. The molecule has 0 atom stereocenters. The Morgan fingerprint density at radius 3 is 2.19 bits per heavy atom. The van der Waals surface area contributed by atoms with Gasteiger partial charge in [-0.2, -0.15) is 0 Å². The van der Waals surface area contributed by atoms with E-state index >= 15 is 0 Å². The fourth-order valence-corrected chi connectivity index (χ4v) is 3.17. The van der Waals surface area contributed by atoms with Crippen molar-refractivity contribution in [1.29, 1.82) is 0 Å². The lowest BCUT2D eigenvalue weighted by atomic mass is 9.98. The quantitative estimate of drug-likeness (QED) is 0.570. The van der Waals surface area contributed by atoms with Gasteiger partial charge in [0.2, 0.25) is 0 Å². The van der Waals surface area contributed by atoms with Crippen molar-refractivity contribution in [3.05, 3.63) is 95.9 Å². The van der Waals surface area contributed by atoms with E-state index in [4.69, 9.17) is 4.52 Å². The van der Waals surface area contributed by atoms with E-state index in [2.05, 4.69) is 39.7 Å². The highest BCUT2D eigenvalue weighted by atomic mass is 16.5.